The Morgan fingerprint density at radius 3 is 2.55 bits per heavy atom. The predicted molar refractivity (Wildman–Crippen MR) is 76.2 cm³/mol. The van der Waals surface area contributed by atoms with E-state index in [0.29, 0.717) is 0 Å². The van der Waals surface area contributed by atoms with Crippen LogP contribution in [0.25, 0.3) is 0 Å². The van der Waals surface area contributed by atoms with Crippen molar-refractivity contribution in [3.8, 4) is 0 Å². The zero-order valence-corrected chi connectivity index (χ0v) is 12.0. The van der Waals surface area contributed by atoms with Gasteiger partial charge in [-0.15, -0.1) is 0 Å². The van der Waals surface area contributed by atoms with Crippen LogP contribution in [0.3, 0.4) is 0 Å². The molecule has 0 saturated heterocycles. The minimum absolute atomic E-state index is 0.00679. The van der Waals surface area contributed by atoms with Crippen molar-refractivity contribution in [3.63, 3.8) is 0 Å². The molecule has 0 amide bonds. The number of primary sulfonamides is 1. The molecule has 5 nitrogen and oxygen atoms in total. The Hall–Kier alpha value is -1.18. The topological polar surface area (TPSA) is 98.2 Å². The van der Waals surface area contributed by atoms with Gasteiger partial charge < -0.3 is 11.1 Å². The quantitative estimate of drug-likeness (QED) is 0.738. The first-order valence-corrected chi connectivity index (χ1v) is 8.27. The molecule has 0 heterocycles. The lowest BCUT2D eigenvalue weighted by atomic mass is 10.0. The first-order chi connectivity index (χ1) is 9.38. The van der Waals surface area contributed by atoms with E-state index in [9.17, 15) is 12.8 Å². The zero-order chi connectivity index (χ0) is 14.8. The van der Waals surface area contributed by atoms with E-state index in [1.54, 1.807) is 0 Å². The minimum atomic E-state index is -3.88. The Balaban J connectivity index is 2.17. The van der Waals surface area contributed by atoms with Crippen molar-refractivity contribution >= 4 is 15.7 Å². The highest BCUT2D eigenvalue weighted by molar-refractivity contribution is 7.89. The molecular weight excluding hydrogens is 281 g/mol. The Bertz CT molecular complexity index is 577. The smallest absolute Gasteiger partial charge is 0.238 e. The maximum Gasteiger partial charge on any atom is 0.238 e. The maximum atomic E-state index is 13.9. The lowest BCUT2D eigenvalue weighted by Gasteiger charge is -2.24. The van der Waals surface area contributed by atoms with E-state index in [0.717, 1.165) is 38.2 Å². The van der Waals surface area contributed by atoms with E-state index in [1.165, 1.54) is 12.1 Å². The fourth-order valence-corrected chi connectivity index (χ4v) is 3.03. The van der Waals surface area contributed by atoms with Gasteiger partial charge in [0.15, 0.2) is 0 Å². The Labute approximate surface area is 118 Å². The average molecular weight is 301 g/mol. The van der Waals surface area contributed by atoms with Gasteiger partial charge in [-0.25, -0.2) is 17.9 Å². The Morgan fingerprint density at radius 1 is 1.20 bits per heavy atom. The van der Waals surface area contributed by atoms with Gasteiger partial charge in [-0.1, -0.05) is 19.3 Å². The first kappa shape index (κ1) is 15.2. The summed E-state index contributed by atoms with van der Waals surface area (Å²) in [5.41, 5.74) is 6.34. The molecule has 0 aromatic heterocycles. The molecule has 0 aliphatic heterocycles. The molecule has 2 unspecified atom stereocenters. The molecule has 112 valence electrons. The van der Waals surface area contributed by atoms with Crippen LogP contribution in [0.15, 0.2) is 23.1 Å². The van der Waals surface area contributed by atoms with Gasteiger partial charge in [-0.05, 0) is 31.0 Å². The number of nitrogens with two attached hydrogens (primary N) is 2. The van der Waals surface area contributed by atoms with Gasteiger partial charge >= 0.3 is 0 Å². The van der Waals surface area contributed by atoms with Gasteiger partial charge in [0.1, 0.15) is 5.82 Å². The molecule has 20 heavy (non-hydrogen) atoms. The number of sulfonamides is 1. The molecule has 1 aromatic rings. The van der Waals surface area contributed by atoms with Crippen molar-refractivity contribution in [1.82, 2.24) is 0 Å². The van der Waals surface area contributed by atoms with E-state index in [1.807, 2.05) is 0 Å². The van der Waals surface area contributed by atoms with Crippen molar-refractivity contribution < 1.29 is 12.8 Å². The van der Waals surface area contributed by atoms with Crippen molar-refractivity contribution in [1.29, 1.82) is 0 Å². The molecule has 1 fully saturated rings. The highest BCUT2D eigenvalue weighted by atomic mass is 32.2. The van der Waals surface area contributed by atoms with Gasteiger partial charge in [0, 0.05) is 12.1 Å². The second kappa shape index (κ2) is 6.07. The summed E-state index contributed by atoms with van der Waals surface area (Å²) in [6.07, 6.45) is 5.08. The molecule has 1 saturated carbocycles. The van der Waals surface area contributed by atoms with Gasteiger partial charge in [0.2, 0.25) is 10.0 Å². The molecule has 0 bridgehead atoms. The van der Waals surface area contributed by atoms with Crippen LogP contribution in [-0.4, -0.2) is 20.5 Å². The lowest BCUT2D eigenvalue weighted by molar-refractivity contribution is 0.523. The number of nitrogens with one attached hydrogen (secondary N) is 1. The molecule has 5 N–H and O–H groups in total. The van der Waals surface area contributed by atoms with Crippen LogP contribution < -0.4 is 16.2 Å². The van der Waals surface area contributed by atoms with E-state index in [-0.39, 0.29) is 22.7 Å². The number of hydrogen-bond donors (Lipinski definition) is 3. The normalized spacial score (nSPS) is 24.1. The number of halogens is 1. The SMILES string of the molecule is NC1CCCCCC1Nc1ccc(S(N)(=O)=O)cc1F. The summed E-state index contributed by atoms with van der Waals surface area (Å²) >= 11 is 0. The van der Waals surface area contributed by atoms with Crippen LogP contribution in [-0.2, 0) is 10.0 Å². The molecule has 0 spiro atoms. The van der Waals surface area contributed by atoms with Crippen LogP contribution >= 0.6 is 0 Å². The third-order valence-corrected chi connectivity index (χ3v) is 4.59. The van der Waals surface area contributed by atoms with E-state index < -0.39 is 15.8 Å². The summed E-state index contributed by atoms with van der Waals surface area (Å²) in [6, 6.07) is 3.61. The third-order valence-electron chi connectivity index (χ3n) is 3.68. The van der Waals surface area contributed by atoms with E-state index in [4.69, 9.17) is 10.9 Å². The van der Waals surface area contributed by atoms with Crippen molar-refractivity contribution in [2.24, 2.45) is 10.9 Å². The molecule has 1 aliphatic rings. The van der Waals surface area contributed by atoms with Crippen molar-refractivity contribution in [2.45, 2.75) is 49.1 Å². The predicted octanol–water partition coefficient (Wildman–Crippen LogP) is 1.55. The molecule has 2 atom stereocenters. The summed E-state index contributed by atoms with van der Waals surface area (Å²) in [4.78, 5) is -0.231. The highest BCUT2D eigenvalue weighted by Gasteiger charge is 2.21. The summed E-state index contributed by atoms with van der Waals surface area (Å²) in [6.45, 7) is 0. The summed E-state index contributed by atoms with van der Waals surface area (Å²) in [7, 11) is -3.88. The van der Waals surface area contributed by atoms with Crippen molar-refractivity contribution in [3.05, 3.63) is 24.0 Å². The maximum absolute atomic E-state index is 13.9. The van der Waals surface area contributed by atoms with Crippen molar-refractivity contribution in [2.75, 3.05) is 5.32 Å². The number of anilines is 1. The first-order valence-electron chi connectivity index (χ1n) is 6.72. The third kappa shape index (κ3) is 3.68. The summed E-state index contributed by atoms with van der Waals surface area (Å²) in [5, 5.41) is 8.05. The molecule has 1 aliphatic carbocycles. The highest BCUT2D eigenvalue weighted by Crippen LogP contribution is 2.23. The van der Waals surface area contributed by atoms with Gasteiger partial charge in [-0.2, -0.15) is 0 Å². The van der Waals surface area contributed by atoms with E-state index >= 15 is 0 Å². The second-order valence-electron chi connectivity index (χ2n) is 5.24. The van der Waals surface area contributed by atoms with Crippen LogP contribution in [0.1, 0.15) is 32.1 Å². The standard InChI is InChI=1S/C13H20FN3O2S/c14-10-8-9(20(16,18)19)6-7-12(10)17-13-5-3-1-2-4-11(13)15/h6-8,11,13,17H,1-5,15H2,(H2,16,18,19). The second-order valence-corrected chi connectivity index (χ2v) is 6.80. The largest absolute Gasteiger partial charge is 0.378 e. The molecule has 7 heteroatoms. The molecule has 1 aromatic carbocycles. The fourth-order valence-electron chi connectivity index (χ4n) is 2.51. The van der Waals surface area contributed by atoms with E-state index in [2.05, 4.69) is 5.32 Å². The monoisotopic (exact) mass is 301 g/mol. The molecule has 0 radical (unpaired) electrons. The summed E-state index contributed by atoms with van der Waals surface area (Å²) < 4.78 is 36.2. The number of rotatable bonds is 3. The van der Waals surface area contributed by atoms with Crippen LogP contribution in [0.5, 0.6) is 0 Å². The van der Waals surface area contributed by atoms with Gasteiger partial charge in [0.25, 0.3) is 0 Å². The molecule has 2 rings (SSSR count). The Kier molecular flexibility index (Phi) is 4.62. The van der Waals surface area contributed by atoms with Crippen LogP contribution in [0.4, 0.5) is 10.1 Å². The Morgan fingerprint density at radius 2 is 1.90 bits per heavy atom. The van der Waals surface area contributed by atoms with Crippen LogP contribution in [0, 0.1) is 5.82 Å². The fraction of sp³-hybridized carbons (Fsp3) is 0.538. The number of benzene rings is 1. The molecular formula is C13H20FN3O2S. The lowest BCUT2D eigenvalue weighted by Crippen LogP contribution is -2.39. The minimum Gasteiger partial charge on any atom is -0.378 e. The zero-order valence-electron chi connectivity index (χ0n) is 11.2. The number of hydrogen-bond acceptors (Lipinski definition) is 4. The average Bonchev–Trinajstić information content (AvgIpc) is 2.56. The van der Waals surface area contributed by atoms with Gasteiger partial charge in [-0.3, -0.25) is 0 Å². The summed E-state index contributed by atoms with van der Waals surface area (Å²) in [5.74, 6) is -0.632. The van der Waals surface area contributed by atoms with Gasteiger partial charge in [0.05, 0.1) is 10.6 Å². The van der Waals surface area contributed by atoms with Crippen LogP contribution in [0.2, 0.25) is 0 Å².